The summed E-state index contributed by atoms with van der Waals surface area (Å²) >= 11 is 3.39. The second kappa shape index (κ2) is 6.77. The van der Waals surface area contributed by atoms with Crippen molar-refractivity contribution in [1.82, 2.24) is 15.1 Å². The Balaban J connectivity index is 2.02. The number of nitrogen functional groups attached to an aromatic ring is 1. The molecule has 116 valence electrons. The zero-order valence-electron chi connectivity index (χ0n) is 12.8. The Labute approximate surface area is 134 Å². The minimum atomic E-state index is -0.0675. The van der Waals surface area contributed by atoms with Crippen LogP contribution in [0.15, 0.2) is 16.6 Å². The van der Waals surface area contributed by atoms with Crippen molar-refractivity contribution in [2.75, 3.05) is 46.0 Å². The van der Waals surface area contributed by atoms with Crippen LogP contribution in [0.3, 0.4) is 0 Å². The molecule has 1 unspecified atom stereocenters. The molecular formula is C15H23BrN4O. The number of carbonyl (C=O) groups excluding carboxylic acids is 1. The predicted octanol–water partition coefficient (Wildman–Crippen LogP) is 1.32. The van der Waals surface area contributed by atoms with Gasteiger partial charge in [0.1, 0.15) is 0 Å². The molecule has 1 aromatic carbocycles. The van der Waals surface area contributed by atoms with E-state index in [1.165, 1.54) is 0 Å². The molecule has 1 aliphatic heterocycles. The van der Waals surface area contributed by atoms with Crippen molar-refractivity contribution in [3.05, 3.63) is 27.7 Å². The average molecular weight is 355 g/mol. The maximum absolute atomic E-state index is 12.4. The highest BCUT2D eigenvalue weighted by Gasteiger charge is 2.23. The van der Waals surface area contributed by atoms with Crippen LogP contribution in [-0.2, 0) is 0 Å². The highest BCUT2D eigenvalue weighted by atomic mass is 79.9. The number of benzene rings is 1. The maximum atomic E-state index is 12.4. The minimum absolute atomic E-state index is 0.0675. The highest BCUT2D eigenvalue weighted by Crippen LogP contribution is 2.22. The van der Waals surface area contributed by atoms with Gasteiger partial charge in [0.15, 0.2) is 0 Å². The molecule has 6 heteroatoms. The van der Waals surface area contributed by atoms with E-state index in [-0.39, 0.29) is 5.91 Å². The fraction of sp³-hybridized carbons (Fsp3) is 0.533. The van der Waals surface area contributed by atoms with Crippen LogP contribution in [0.4, 0.5) is 5.69 Å². The third kappa shape index (κ3) is 3.96. The Morgan fingerprint density at radius 3 is 2.86 bits per heavy atom. The summed E-state index contributed by atoms with van der Waals surface area (Å²) in [6.45, 7) is 5.58. The van der Waals surface area contributed by atoms with Crippen LogP contribution in [0.5, 0.6) is 0 Å². The number of nitrogens with one attached hydrogen (secondary N) is 1. The Hall–Kier alpha value is -1.11. The van der Waals surface area contributed by atoms with Crippen molar-refractivity contribution in [3.8, 4) is 0 Å². The minimum Gasteiger partial charge on any atom is -0.398 e. The molecule has 0 aromatic heterocycles. The van der Waals surface area contributed by atoms with Gasteiger partial charge in [-0.1, -0.05) is 15.9 Å². The molecule has 1 amide bonds. The molecule has 0 bridgehead atoms. The summed E-state index contributed by atoms with van der Waals surface area (Å²) in [5.41, 5.74) is 8.00. The molecule has 1 heterocycles. The predicted molar refractivity (Wildman–Crippen MR) is 89.5 cm³/mol. The van der Waals surface area contributed by atoms with Crippen LogP contribution >= 0.6 is 15.9 Å². The third-order valence-corrected chi connectivity index (χ3v) is 4.59. The number of halogens is 1. The van der Waals surface area contributed by atoms with E-state index in [2.05, 4.69) is 45.1 Å². The van der Waals surface area contributed by atoms with Gasteiger partial charge < -0.3 is 16.0 Å². The van der Waals surface area contributed by atoms with Gasteiger partial charge in [-0.15, -0.1) is 0 Å². The van der Waals surface area contributed by atoms with E-state index in [4.69, 9.17) is 5.73 Å². The molecule has 1 aliphatic rings. The molecule has 1 aromatic rings. The number of rotatable bonds is 3. The van der Waals surface area contributed by atoms with Gasteiger partial charge >= 0.3 is 0 Å². The van der Waals surface area contributed by atoms with Crippen LogP contribution in [0.25, 0.3) is 0 Å². The molecule has 1 atom stereocenters. The van der Waals surface area contributed by atoms with Crippen molar-refractivity contribution in [3.63, 3.8) is 0 Å². The van der Waals surface area contributed by atoms with E-state index in [0.717, 1.165) is 29.7 Å². The molecule has 3 N–H and O–H groups in total. The first-order chi connectivity index (χ1) is 9.88. The first-order valence-corrected chi connectivity index (χ1v) is 7.90. The molecule has 0 aliphatic carbocycles. The van der Waals surface area contributed by atoms with Gasteiger partial charge in [-0.2, -0.15) is 0 Å². The number of anilines is 1. The molecule has 0 radical (unpaired) electrons. The Bertz CT molecular complexity index is 535. The zero-order chi connectivity index (χ0) is 15.6. The number of nitrogens with zero attached hydrogens (tertiary/aromatic N) is 2. The maximum Gasteiger partial charge on any atom is 0.251 e. The zero-order valence-corrected chi connectivity index (χ0v) is 14.4. The summed E-state index contributed by atoms with van der Waals surface area (Å²) in [6, 6.07) is 3.98. The van der Waals surface area contributed by atoms with Gasteiger partial charge in [0.2, 0.25) is 0 Å². The van der Waals surface area contributed by atoms with Gasteiger partial charge in [-0.3, -0.25) is 9.69 Å². The van der Waals surface area contributed by atoms with Crippen molar-refractivity contribution in [1.29, 1.82) is 0 Å². The quantitative estimate of drug-likeness (QED) is 0.803. The Kier molecular flexibility index (Phi) is 5.24. The number of nitrogens with two attached hydrogens (primary N) is 1. The molecule has 1 fully saturated rings. The third-order valence-electron chi connectivity index (χ3n) is 4.14. The number of hydrogen-bond acceptors (Lipinski definition) is 4. The second-order valence-electron chi connectivity index (χ2n) is 5.77. The monoisotopic (exact) mass is 354 g/mol. The lowest BCUT2D eigenvalue weighted by atomic mass is 10.1. The van der Waals surface area contributed by atoms with E-state index >= 15 is 0 Å². The van der Waals surface area contributed by atoms with E-state index in [1.807, 2.05) is 19.1 Å². The van der Waals surface area contributed by atoms with Crippen LogP contribution < -0.4 is 11.1 Å². The normalized spacial score (nSPS) is 20.5. The van der Waals surface area contributed by atoms with E-state index < -0.39 is 0 Å². The number of carbonyl (C=O) groups is 1. The summed E-state index contributed by atoms with van der Waals surface area (Å²) in [5, 5.41) is 3.03. The van der Waals surface area contributed by atoms with Crippen molar-refractivity contribution in [2.24, 2.45) is 0 Å². The van der Waals surface area contributed by atoms with E-state index in [0.29, 0.717) is 23.8 Å². The van der Waals surface area contributed by atoms with Crippen molar-refractivity contribution in [2.45, 2.75) is 13.0 Å². The smallest absolute Gasteiger partial charge is 0.251 e. The largest absolute Gasteiger partial charge is 0.398 e. The van der Waals surface area contributed by atoms with Gasteiger partial charge in [-0.25, -0.2) is 0 Å². The summed E-state index contributed by atoms with van der Waals surface area (Å²) in [7, 11) is 4.22. The van der Waals surface area contributed by atoms with E-state index in [9.17, 15) is 4.79 Å². The van der Waals surface area contributed by atoms with Gasteiger partial charge in [-0.05, 0) is 38.7 Å². The van der Waals surface area contributed by atoms with Crippen LogP contribution in [-0.4, -0.2) is 62.0 Å². The standard InChI is InChI=1S/C15H23BrN4O/c1-10-13(6-11(16)7-14(10)17)15(21)18-8-12-9-19(2)4-5-20(12)3/h6-7,12H,4-5,8-9,17H2,1-3H3,(H,18,21). The van der Waals surface area contributed by atoms with Crippen molar-refractivity contribution >= 4 is 27.5 Å². The first kappa shape index (κ1) is 16.3. The fourth-order valence-corrected chi connectivity index (χ4v) is 3.04. The lowest BCUT2D eigenvalue weighted by Gasteiger charge is -2.37. The Morgan fingerprint density at radius 1 is 1.43 bits per heavy atom. The number of likely N-dealkylation sites (N-methyl/N-ethyl adjacent to an activating group) is 2. The second-order valence-corrected chi connectivity index (χ2v) is 6.69. The van der Waals surface area contributed by atoms with Crippen LogP contribution in [0.1, 0.15) is 15.9 Å². The topological polar surface area (TPSA) is 61.6 Å². The summed E-state index contributed by atoms with van der Waals surface area (Å²) in [5.74, 6) is -0.0675. The average Bonchev–Trinajstić information content (AvgIpc) is 2.43. The molecule has 2 rings (SSSR count). The summed E-state index contributed by atoms with van der Waals surface area (Å²) in [4.78, 5) is 17.0. The van der Waals surface area contributed by atoms with E-state index in [1.54, 1.807) is 0 Å². The fourth-order valence-electron chi connectivity index (χ4n) is 2.56. The van der Waals surface area contributed by atoms with Crippen molar-refractivity contribution < 1.29 is 4.79 Å². The van der Waals surface area contributed by atoms with Gasteiger partial charge in [0.25, 0.3) is 5.91 Å². The first-order valence-electron chi connectivity index (χ1n) is 7.11. The number of amides is 1. The summed E-state index contributed by atoms with van der Waals surface area (Å²) < 4.78 is 0.824. The van der Waals surface area contributed by atoms with Gasteiger partial charge in [0.05, 0.1) is 0 Å². The van der Waals surface area contributed by atoms with Gasteiger partial charge in [0, 0.05) is 47.9 Å². The lowest BCUT2D eigenvalue weighted by Crippen LogP contribution is -2.54. The number of piperazine rings is 1. The molecule has 1 saturated heterocycles. The molecular weight excluding hydrogens is 332 g/mol. The number of hydrogen-bond donors (Lipinski definition) is 2. The summed E-state index contributed by atoms with van der Waals surface area (Å²) in [6.07, 6.45) is 0. The molecule has 21 heavy (non-hydrogen) atoms. The molecule has 0 saturated carbocycles. The Morgan fingerprint density at radius 2 is 2.14 bits per heavy atom. The molecule has 5 nitrogen and oxygen atoms in total. The van der Waals surface area contributed by atoms with Crippen LogP contribution in [0, 0.1) is 6.92 Å². The SMILES string of the molecule is Cc1c(N)cc(Br)cc1C(=O)NCC1CN(C)CCN1C. The molecule has 0 spiro atoms. The highest BCUT2D eigenvalue weighted by molar-refractivity contribution is 9.10. The lowest BCUT2D eigenvalue weighted by molar-refractivity contribution is 0.0880. The van der Waals surface area contributed by atoms with Crippen LogP contribution in [0.2, 0.25) is 0 Å².